The van der Waals surface area contributed by atoms with E-state index in [4.69, 9.17) is 4.74 Å². The third-order valence-electron chi connectivity index (χ3n) is 4.03. The first-order valence-electron chi connectivity index (χ1n) is 8.13. The lowest BCUT2D eigenvalue weighted by molar-refractivity contribution is -0.121. The number of carbonyl (C=O) groups is 2. The molecule has 0 aliphatic heterocycles. The van der Waals surface area contributed by atoms with Gasteiger partial charge in [0.1, 0.15) is 5.75 Å². The van der Waals surface area contributed by atoms with Gasteiger partial charge in [-0.2, -0.15) is 0 Å². The van der Waals surface area contributed by atoms with Crippen LogP contribution in [0, 0.1) is 6.92 Å². The van der Waals surface area contributed by atoms with Crippen LogP contribution in [-0.4, -0.2) is 25.5 Å². The summed E-state index contributed by atoms with van der Waals surface area (Å²) in [5.74, 6) is 0.179. The van der Waals surface area contributed by atoms with E-state index in [1.807, 2.05) is 57.2 Å². The Labute approximate surface area is 148 Å². The molecule has 0 heterocycles. The molecule has 2 rings (SSSR count). The average molecular weight is 340 g/mol. The maximum Gasteiger partial charge on any atom is 0.251 e. The van der Waals surface area contributed by atoms with Crippen molar-refractivity contribution in [3.63, 3.8) is 0 Å². The normalized spacial score (nSPS) is 10.9. The number of rotatable bonds is 6. The van der Waals surface area contributed by atoms with Crippen LogP contribution >= 0.6 is 0 Å². The number of hydrogen-bond acceptors (Lipinski definition) is 3. The molecule has 132 valence electrons. The Balaban J connectivity index is 2.00. The minimum absolute atomic E-state index is 0.0915. The van der Waals surface area contributed by atoms with Crippen molar-refractivity contribution < 1.29 is 14.3 Å². The molecule has 0 aromatic heterocycles. The molecule has 5 nitrogen and oxygen atoms in total. The third-order valence-corrected chi connectivity index (χ3v) is 4.03. The van der Waals surface area contributed by atoms with Gasteiger partial charge in [-0.15, -0.1) is 0 Å². The molecule has 0 fully saturated rings. The summed E-state index contributed by atoms with van der Waals surface area (Å²) in [6.45, 7) is 5.56. The Morgan fingerprint density at radius 1 is 1.04 bits per heavy atom. The van der Waals surface area contributed by atoms with Crippen LogP contribution < -0.4 is 15.4 Å². The molecule has 0 atom stereocenters. The lowest BCUT2D eigenvalue weighted by atomic mass is 9.93. The highest BCUT2D eigenvalue weighted by Gasteiger charge is 2.26. The molecule has 0 spiro atoms. The monoisotopic (exact) mass is 340 g/mol. The zero-order valence-electron chi connectivity index (χ0n) is 15.1. The van der Waals surface area contributed by atoms with E-state index >= 15 is 0 Å². The fourth-order valence-corrected chi connectivity index (χ4v) is 2.70. The molecule has 0 radical (unpaired) electrons. The first-order valence-corrected chi connectivity index (χ1v) is 8.13. The van der Waals surface area contributed by atoms with Gasteiger partial charge in [-0.3, -0.25) is 9.59 Å². The molecule has 2 N–H and O–H groups in total. The third kappa shape index (κ3) is 4.59. The number of hydrogen-bond donors (Lipinski definition) is 2. The Kier molecular flexibility index (Phi) is 5.80. The van der Waals surface area contributed by atoms with Crippen LogP contribution in [0.25, 0.3) is 0 Å². The van der Waals surface area contributed by atoms with Crippen molar-refractivity contribution in [1.29, 1.82) is 0 Å². The van der Waals surface area contributed by atoms with Crippen molar-refractivity contribution in [2.45, 2.75) is 26.3 Å². The van der Waals surface area contributed by atoms with E-state index in [2.05, 4.69) is 10.6 Å². The quantitative estimate of drug-likeness (QED) is 0.850. The maximum atomic E-state index is 12.3. The summed E-state index contributed by atoms with van der Waals surface area (Å²) in [5.41, 5.74) is 1.68. The van der Waals surface area contributed by atoms with Crippen molar-refractivity contribution in [2.75, 3.05) is 13.7 Å². The molecule has 0 aliphatic rings. The van der Waals surface area contributed by atoms with Crippen molar-refractivity contribution >= 4 is 11.8 Å². The summed E-state index contributed by atoms with van der Waals surface area (Å²) in [7, 11) is 1.60. The highest BCUT2D eigenvalue weighted by atomic mass is 16.5. The first kappa shape index (κ1) is 18.5. The summed E-state index contributed by atoms with van der Waals surface area (Å²) >= 11 is 0. The van der Waals surface area contributed by atoms with Gasteiger partial charge >= 0.3 is 0 Å². The van der Waals surface area contributed by atoms with Crippen molar-refractivity contribution in [3.8, 4) is 5.75 Å². The van der Waals surface area contributed by atoms with Gasteiger partial charge in [-0.1, -0.05) is 36.4 Å². The molecule has 25 heavy (non-hydrogen) atoms. The zero-order chi connectivity index (χ0) is 18.4. The minimum atomic E-state index is -0.628. The van der Waals surface area contributed by atoms with Gasteiger partial charge in [0.2, 0.25) is 5.91 Å². The average Bonchev–Trinajstić information content (AvgIpc) is 2.59. The molecule has 0 unspecified atom stereocenters. The predicted molar refractivity (Wildman–Crippen MR) is 97.7 cm³/mol. The number of nitrogens with one attached hydrogen (secondary N) is 2. The molecule has 2 amide bonds. The van der Waals surface area contributed by atoms with Crippen LogP contribution in [-0.2, 0) is 10.3 Å². The van der Waals surface area contributed by atoms with E-state index in [1.54, 1.807) is 19.2 Å². The maximum absolute atomic E-state index is 12.3. The summed E-state index contributed by atoms with van der Waals surface area (Å²) in [5, 5.41) is 5.60. The second-order valence-electron chi connectivity index (χ2n) is 6.37. The number of methoxy groups -OCH3 is 1. The molecule has 0 aliphatic carbocycles. The Bertz CT molecular complexity index is 769. The zero-order valence-corrected chi connectivity index (χ0v) is 15.1. The minimum Gasteiger partial charge on any atom is -0.496 e. The van der Waals surface area contributed by atoms with E-state index in [0.29, 0.717) is 11.3 Å². The second kappa shape index (κ2) is 7.83. The molecule has 2 aromatic rings. The first-order chi connectivity index (χ1) is 11.8. The number of ether oxygens (including phenoxy) is 1. The SMILES string of the molecule is COc1ccccc1C(C)(C)NC(=O)CNC(=O)c1ccccc1C. The Hall–Kier alpha value is -2.82. The molecule has 2 aromatic carbocycles. The number of para-hydroxylation sites is 1. The summed E-state index contributed by atoms with van der Waals surface area (Å²) in [6.07, 6.45) is 0. The van der Waals surface area contributed by atoms with Crippen LogP contribution in [0.2, 0.25) is 0 Å². The highest BCUT2D eigenvalue weighted by molar-refractivity contribution is 5.97. The fourth-order valence-electron chi connectivity index (χ4n) is 2.70. The van der Waals surface area contributed by atoms with Gasteiger partial charge in [-0.05, 0) is 38.5 Å². The van der Waals surface area contributed by atoms with Gasteiger partial charge in [0.25, 0.3) is 5.91 Å². The number of aryl methyl sites for hydroxylation is 1. The van der Waals surface area contributed by atoms with Gasteiger partial charge in [-0.25, -0.2) is 0 Å². The standard InChI is InChI=1S/C20H24N2O3/c1-14-9-5-6-10-15(14)19(24)21-13-18(23)22-20(2,3)16-11-7-8-12-17(16)25-4/h5-12H,13H2,1-4H3,(H,21,24)(H,22,23). The van der Waals surface area contributed by atoms with E-state index in [0.717, 1.165) is 11.1 Å². The molecular formula is C20H24N2O3. The van der Waals surface area contributed by atoms with E-state index in [9.17, 15) is 9.59 Å². The number of carbonyl (C=O) groups excluding carboxylic acids is 2. The summed E-state index contributed by atoms with van der Waals surface area (Å²) in [4.78, 5) is 24.5. The van der Waals surface area contributed by atoms with Gasteiger partial charge in [0.15, 0.2) is 0 Å². The number of benzene rings is 2. The van der Waals surface area contributed by atoms with Crippen LogP contribution in [0.1, 0.15) is 35.3 Å². The predicted octanol–water partition coefficient (Wildman–Crippen LogP) is 2.78. The largest absolute Gasteiger partial charge is 0.496 e. The van der Waals surface area contributed by atoms with Crippen molar-refractivity contribution in [2.24, 2.45) is 0 Å². The van der Waals surface area contributed by atoms with E-state index < -0.39 is 5.54 Å². The smallest absolute Gasteiger partial charge is 0.251 e. The Morgan fingerprint density at radius 2 is 1.68 bits per heavy atom. The molecule has 0 bridgehead atoms. The van der Waals surface area contributed by atoms with Gasteiger partial charge < -0.3 is 15.4 Å². The Morgan fingerprint density at radius 3 is 2.36 bits per heavy atom. The van der Waals surface area contributed by atoms with Gasteiger partial charge in [0, 0.05) is 11.1 Å². The van der Waals surface area contributed by atoms with Gasteiger partial charge in [0.05, 0.1) is 19.2 Å². The topological polar surface area (TPSA) is 67.4 Å². The fraction of sp³-hybridized carbons (Fsp3) is 0.300. The van der Waals surface area contributed by atoms with Crippen LogP contribution in [0.4, 0.5) is 0 Å². The molecular weight excluding hydrogens is 316 g/mol. The number of amides is 2. The summed E-state index contributed by atoms with van der Waals surface area (Å²) in [6, 6.07) is 14.8. The highest BCUT2D eigenvalue weighted by Crippen LogP contribution is 2.29. The molecule has 5 heteroatoms. The van der Waals surface area contributed by atoms with E-state index in [-0.39, 0.29) is 18.4 Å². The van der Waals surface area contributed by atoms with Crippen molar-refractivity contribution in [3.05, 3.63) is 65.2 Å². The van der Waals surface area contributed by atoms with E-state index in [1.165, 1.54) is 0 Å². The van der Waals surface area contributed by atoms with Crippen LogP contribution in [0.5, 0.6) is 5.75 Å². The lowest BCUT2D eigenvalue weighted by Gasteiger charge is -2.28. The van der Waals surface area contributed by atoms with Crippen LogP contribution in [0.3, 0.4) is 0 Å². The van der Waals surface area contributed by atoms with Crippen LogP contribution in [0.15, 0.2) is 48.5 Å². The van der Waals surface area contributed by atoms with Crippen molar-refractivity contribution in [1.82, 2.24) is 10.6 Å². The second-order valence-corrected chi connectivity index (χ2v) is 6.37. The molecule has 0 saturated carbocycles. The molecule has 0 saturated heterocycles. The lowest BCUT2D eigenvalue weighted by Crippen LogP contribution is -2.46. The summed E-state index contributed by atoms with van der Waals surface area (Å²) < 4.78 is 5.36.